The van der Waals surface area contributed by atoms with Crippen LogP contribution in [0.25, 0.3) is 0 Å². The standard InChI is InChI=1S/C14H22FNS/c1-12(2)11-16-9-3-4-10-17-14-7-5-13(15)6-8-14/h5-8,12,16H,3-4,9-11H2,1-2H3. The Hall–Kier alpha value is -0.540. The summed E-state index contributed by atoms with van der Waals surface area (Å²) in [4.78, 5) is 1.15. The maximum atomic E-state index is 12.7. The highest BCUT2D eigenvalue weighted by Crippen LogP contribution is 2.19. The van der Waals surface area contributed by atoms with Crippen molar-refractivity contribution in [2.24, 2.45) is 5.92 Å². The predicted octanol–water partition coefficient (Wildman–Crippen LogP) is 3.94. The fourth-order valence-corrected chi connectivity index (χ4v) is 2.38. The number of thioether (sulfide) groups is 1. The molecule has 1 N–H and O–H groups in total. The van der Waals surface area contributed by atoms with E-state index in [2.05, 4.69) is 19.2 Å². The molecule has 0 unspecified atom stereocenters. The van der Waals surface area contributed by atoms with E-state index in [0.29, 0.717) is 0 Å². The summed E-state index contributed by atoms with van der Waals surface area (Å²) < 4.78 is 12.7. The molecule has 0 spiro atoms. The average molecular weight is 255 g/mol. The third kappa shape index (κ3) is 7.40. The number of nitrogens with one attached hydrogen (secondary N) is 1. The minimum Gasteiger partial charge on any atom is -0.316 e. The highest BCUT2D eigenvalue weighted by atomic mass is 32.2. The predicted molar refractivity (Wildman–Crippen MR) is 74.1 cm³/mol. The van der Waals surface area contributed by atoms with E-state index in [1.54, 1.807) is 11.8 Å². The number of halogens is 1. The highest BCUT2D eigenvalue weighted by Gasteiger charge is 1.96. The van der Waals surface area contributed by atoms with Crippen LogP contribution in [0.2, 0.25) is 0 Å². The van der Waals surface area contributed by atoms with Crippen LogP contribution in [-0.2, 0) is 0 Å². The molecule has 0 aliphatic carbocycles. The van der Waals surface area contributed by atoms with Crippen molar-refractivity contribution < 1.29 is 4.39 Å². The minimum absolute atomic E-state index is 0.160. The summed E-state index contributed by atoms with van der Waals surface area (Å²) in [5.74, 6) is 1.67. The molecule has 1 rings (SSSR count). The number of unbranched alkanes of at least 4 members (excludes halogenated alkanes) is 1. The second kappa shape index (κ2) is 8.54. The first kappa shape index (κ1) is 14.5. The maximum Gasteiger partial charge on any atom is 0.123 e. The molecule has 96 valence electrons. The number of hydrogen-bond acceptors (Lipinski definition) is 2. The van der Waals surface area contributed by atoms with Gasteiger partial charge in [-0.05, 0) is 61.9 Å². The molecule has 0 radical (unpaired) electrons. The van der Waals surface area contributed by atoms with Gasteiger partial charge in [0.05, 0.1) is 0 Å². The van der Waals surface area contributed by atoms with Crippen LogP contribution in [0, 0.1) is 11.7 Å². The van der Waals surface area contributed by atoms with Crippen LogP contribution in [0.3, 0.4) is 0 Å². The largest absolute Gasteiger partial charge is 0.316 e. The molecule has 3 heteroatoms. The van der Waals surface area contributed by atoms with E-state index in [1.807, 2.05) is 12.1 Å². The number of rotatable bonds is 8. The van der Waals surface area contributed by atoms with Gasteiger partial charge in [0.15, 0.2) is 0 Å². The molecule has 0 fully saturated rings. The summed E-state index contributed by atoms with van der Waals surface area (Å²) in [6.45, 7) is 6.64. The fourth-order valence-electron chi connectivity index (χ4n) is 1.46. The van der Waals surface area contributed by atoms with Gasteiger partial charge in [-0.2, -0.15) is 0 Å². The molecule has 0 atom stereocenters. The van der Waals surface area contributed by atoms with Gasteiger partial charge in [0, 0.05) is 4.90 Å². The van der Waals surface area contributed by atoms with Gasteiger partial charge in [0.2, 0.25) is 0 Å². The van der Waals surface area contributed by atoms with Crippen LogP contribution < -0.4 is 5.32 Å². The van der Waals surface area contributed by atoms with Gasteiger partial charge in [0.1, 0.15) is 5.82 Å². The van der Waals surface area contributed by atoms with E-state index in [0.717, 1.165) is 29.7 Å². The Morgan fingerprint density at radius 3 is 2.53 bits per heavy atom. The van der Waals surface area contributed by atoms with E-state index in [-0.39, 0.29) is 5.82 Å². The van der Waals surface area contributed by atoms with Gasteiger partial charge in [-0.1, -0.05) is 13.8 Å². The van der Waals surface area contributed by atoms with Crippen molar-refractivity contribution in [3.8, 4) is 0 Å². The summed E-state index contributed by atoms with van der Waals surface area (Å²) in [6, 6.07) is 6.73. The molecule has 0 heterocycles. The van der Waals surface area contributed by atoms with Gasteiger partial charge in [-0.25, -0.2) is 4.39 Å². The van der Waals surface area contributed by atoms with Crippen molar-refractivity contribution in [3.63, 3.8) is 0 Å². The summed E-state index contributed by atoms with van der Waals surface area (Å²) in [7, 11) is 0. The van der Waals surface area contributed by atoms with Crippen LogP contribution in [0.5, 0.6) is 0 Å². The molecule has 0 aromatic heterocycles. The van der Waals surface area contributed by atoms with E-state index in [1.165, 1.54) is 25.0 Å². The maximum absolute atomic E-state index is 12.7. The van der Waals surface area contributed by atoms with E-state index < -0.39 is 0 Å². The van der Waals surface area contributed by atoms with E-state index >= 15 is 0 Å². The Kier molecular flexibility index (Phi) is 7.29. The topological polar surface area (TPSA) is 12.0 Å². The van der Waals surface area contributed by atoms with Gasteiger partial charge >= 0.3 is 0 Å². The van der Waals surface area contributed by atoms with Gasteiger partial charge in [-0.3, -0.25) is 0 Å². The van der Waals surface area contributed by atoms with Gasteiger partial charge in [-0.15, -0.1) is 11.8 Å². The van der Waals surface area contributed by atoms with Crippen molar-refractivity contribution in [2.45, 2.75) is 31.6 Å². The lowest BCUT2D eigenvalue weighted by Gasteiger charge is -2.06. The van der Waals surface area contributed by atoms with Crippen LogP contribution >= 0.6 is 11.8 Å². The minimum atomic E-state index is -0.160. The molecular weight excluding hydrogens is 233 g/mol. The molecule has 17 heavy (non-hydrogen) atoms. The Labute approximate surface area is 108 Å². The molecule has 0 aliphatic rings. The van der Waals surface area contributed by atoms with Crippen molar-refractivity contribution in [3.05, 3.63) is 30.1 Å². The summed E-state index contributed by atoms with van der Waals surface area (Å²) in [5.41, 5.74) is 0. The van der Waals surface area contributed by atoms with Crippen LogP contribution in [0.15, 0.2) is 29.2 Å². The zero-order valence-corrected chi connectivity index (χ0v) is 11.5. The fraction of sp³-hybridized carbons (Fsp3) is 0.571. The zero-order valence-electron chi connectivity index (χ0n) is 10.7. The highest BCUT2D eigenvalue weighted by molar-refractivity contribution is 7.99. The van der Waals surface area contributed by atoms with Gasteiger partial charge in [0.25, 0.3) is 0 Å². The van der Waals surface area contributed by atoms with E-state index in [4.69, 9.17) is 0 Å². The smallest absolute Gasteiger partial charge is 0.123 e. The number of hydrogen-bond donors (Lipinski definition) is 1. The zero-order chi connectivity index (χ0) is 12.5. The van der Waals surface area contributed by atoms with Crippen LogP contribution in [0.1, 0.15) is 26.7 Å². The van der Waals surface area contributed by atoms with Crippen LogP contribution in [-0.4, -0.2) is 18.8 Å². The lowest BCUT2D eigenvalue weighted by atomic mass is 10.2. The Balaban J connectivity index is 1.99. The molecule has 1 aromatic rings. The first-order chi connectivity index (χ1) is 8.18. The van der Waals surface area contributed by atoms with Crippen molar-refractivity contribution >= 4 is 11.8 Å². The third-order valence-corrected chi connectivity index (χ3v) is 3.48. The normalized spacial score (nSPS) is 11.1. The van der Waals surface area contributed by atoms with Gasteiger partial charge < -0.3 is 5.32 Å². The molecule has 0 saturated carbocycles. The summed E-state index contributed by atoms with van der Waals surface area (Å²) in [6.07, 6.45) is 2.41. The molecule has 0 bridgehead atoms. The Morgan fingerprint density at radius 2 is 1.88 bits per heavy atom. The Morgan fingerprint density at radius 1 is 1.18 bits per heavy atom. The summed E-state index contributed by atoms with van der Waals surface area (Å²) in [5, 5.41) is 3.43. The average Bonchev–Trinajstić information content (AvgIpc) is 2.30. The first-order valence-corrected chi connectivity index (χ1v) is 7.26. The third-order valence-electron chi connectivity index (χ3n) is 2.38. The SMILES string of the molecule is CC(C)CNCCCCSc1ccc(F)cc1. The van der Waals surface area contributed by atoms with Crippen molar-refractivity contribution in [1.29, 1.82) is 0 Å². The second-order valence-electron chi connectivity index (χ2n) is 4.61. The number of benzene rings is 1. The summed E-state index contributed by atoms with van der Waals surface area (Å²) >= 11 is 1.80. The monoisotopic (exact) mass is 255 g/mol. The quantitative estimate of drug-likeness (QED) is 0.558. The molecule has 1 aromatic carbocycles. The van der Waals surface area contributed by atoms with E-state index in [9.17, 15) is 4.39 Å². The second-order valence-corrected chi connectivity index (χ2v) is 5.78. The lowest BCUT2D eigenvalue weighted by Crippen LogP contribution is -2.20. The molecule has 1 nitrogen and oxygen atoms in total. The Bertz CT molecular complexity index is 298. The first-order valence-electron chi connectivity index (χ1n) is 6.27. The van der Waals surface area contributed by atoms with Crippen LogP contribution in [0.4, 0.5) is 4.39 Å². The molecular formula is C14H22FNS. The molecule has 0 saturated heterocycles. The molecule has 0 aliphatic heterocycles. The van der Waals surface area contributed by atoms with Crippen molar-refractivity contribution in [1.82, 2.24) is 5.32 Å². The molecule has 0 amide bonds. The van der Waals surface area contributed by atoms with Crippen molar-refractivity contribution in [2.75, 3.05) is 18.8 Å². The lowest BCUT2D eigenvalue weighted by molar-refractivity contribution is 0.541.